The summed E-state index contributed by atoms with van der Waals surface area (Å²) in [6, 6.07) is 6.87. The molecular formula is C17H26FN3. The first-order valence-electron chi connectivity index (χ1n) is 8.13. The largest absolute Gasteiger partial charge is 0.369 e. The Bertz CT molecular complexity index is 446. The molecule has 2 aliphatic rings. The smallest absolute Gasteiger partial charge is 0.123 e. The van der Waals surface area contributed by atoms with Crippen LogP contribution in [0, 0.1) is 5.82 Å². The average molecular weight is 291 g/mol. The summed E-state index contributed by atoms with van der Waals surface area (Å²) >= 11 is 0. The Morgan fingerprint density at radius 1 is 1.10 bits per heavy atom. The number of rotatable bonds is 3. The molecular weight excluding hydrogens is 265 g/mol. The molecule has 2 heterocycles. The number of piperidine rings is 1. The number of halogens is 1. The monoisotopic (exact) mass is 291 g/mol. The van der Waals surface area contributed by atoms with E-state index in [0.717, 1.165) is 45.0 Å². The maximum Gasteiger partial charge on any atom is 0.123 e. The molecule has 3 nitrogen and oxygen atoms in total. The number of benzene rings is 1. The zero-order valence-corrected chi connectivity index (χ0v) is 12.9. The predicted octanol–water partition coefficient (Wildman–Crippen LogP) is 2.48. The number of hydrogen-bond acceptors (Lipinski definition) is 3. The van der Waals surface area contributed by atoms with Gasteiger partial charge in [0.05, 0.1) is 0 Å². The Kier molecular flexibility index (Phi) is 4.45. The standard InChI is InChI=1S/C17H26FN3/c1-17(8-2-3-9-19-17)14-20-10-12-21(13-11-20)16-6-4-15(18)5-7-16/h4-7,19H,2-3,8-14H2,1H3. The second-order valence-electron chi connectivity index (χ2n) is 6.68. The highest BCUT2D eigenvalue weighted by atomic mass is 19.1. The lowest BCUT2D eigenvalue weighted by Gasteiger charge is -2.43. The van der Waals surface area contributed by atoms with Crippen molar-refractivity contribution in [2.75, 3.05) is 44.2 Å². The SMILES string of the molecule is CC1(CN2CCN(c3ccc(F)cc3)CC2)CCCCN1. The summed E-state index contributed by atoms with van der Waals surface area (Å²) in [5, 5.41) is 3.69. The van der Waals surface area contributed by atoms with Crippen LogP contribution < -0.4 is 10.2 Å². The molecule has 1 aromatic carbocycles. The predicted molar refractivity (Wildman–Crippen MR) is 85.3 cm³/mol. The van der Waals surface area contributed by atoms with Crippen LogP contribution in [-0.4, -0.2) is 49.7 Å². The van der Waals surface area contributed by atoms with E-state index < -0.39 is 0 Å². The molecule has 2 aliphatic heterocycles. The van der Waals surface area contributed by atoms with Gasteiger partial charge in [0.1, 0.15) is 5.82 Å². The minimum Gasteiger partial charge on any atom is -0.369 e. The number of nitrogens with zero attached hydrogens (tertiary/aromatic N) is 2. The van der Waals surface area contributed by atoms with Crippen LogP contribution >= 0.6 is 0 Å². The van der Waals surface area contributed by atoms with Crippen LogP contribution in [0.1, 0.15) is 26.2 Å². The van der Waals surface area contributed by atoms with Gasteiger partial charge in [-0.05, 0) is 50.6 Å². The fraction of sp³-hybridized carbons (Fsp3) is 0.647. The van der Waals surface area contributed by atoms with E-state index in [4.69, 9.17) is 0 Å². The molecule has 1 atom stereocenters. The third-order valence-corrected chi connectivity index (χ3v) is 4.84. The van der Waals surface area contributed by atoms with Crippen molar-refractivity contribution in [3.05, 3.63) is 30.1 Å². The van der Waals surface area contributed by atoms with Crippen molar-refractivity contribution in [2.45, 2.75) is 31.7 Å². The number of hydrogen-bond donors (Lipinski definition) is 1. The van der Waals surface area contributed by atoms with Crippen LogP contribution in [0.5, 0.6) is 0 Å². The lowest BCUT2D eigenvalue weighted by Crippen LogP contribution is -2.57. The van der Waals surface area contributed by atoms with Gasteiger partial charge in [-0.15, -0.1) is 0 Å². The Morgan fingerprint density at radius 3 is 2.43 bits per heavy atom. The van der Waals surface area contributed by atoms with E-state index in [9.17, 15) is 4.39 Å². The molecule has 0 bridgehead atoms. The van der Waals surface area contributed by atoms with Crippen LogP contribution in [0.15, 0.2) is 24.3 Å². The van der Waals surface area contributed by atoms with Gasteiger partial charge in [-0.2, -0.15) is 0 Å². The van der Waals surface area contributed by atoms with Crippen molar-refractivity contribution >= 4 is 5.69 Å². The van der Waals surface area contributed by atoms with Gasteiger partial charge < -0.3 is 10.2 Å². The quantitative estimate of drug-likeness (QED) is 0.923. The molecule has 1 N–H and O–H groups in total. The summed E-state index contributed by atoms with van der Waals surface area (Å²) in [6.45, 7) is 8.90. The van der Waals surface area contributed by atoms with Gasteiger partial charge in [0.25, 0.3) is 0 Å². The first-order chi connectivity index (χ1) is 10.1. The lowest BCUT2D eigenvalue weighted by atomic mass is 9.90. The lowest BCUT2D eigenvalue weighted by molar-refractivity contribution is 0.157. The van der Waals surface area contributed by atoms with Crippen molar-refractivity contribution in [3.8, 4) is 0 Å². The van der Waals surface area contributed by atoms with Crippen molar-refractivity contribution in [1.29, 1.82) is 0 Å². The van der Waals surface area contributed by atoms with Gasteiger partial charge in [0.15, 0.2) is 0 Å². The third kappa shape index (κ3) is 3.74. The van der Waals surface area contributed by atoms with Crippen molar-refractivity contribution in [2.24, 2.45) is 0 Å². The molecule has 21 heavy (non-hydrogen) atoms. The summed E-state index contributed by atoms with van der Waals surface area (Å²) in [4.78, 5) is 4.92. The zero-order chi connectivity index (χ0) is 14.7. The van der Waals surface area contributed by atoms with Crippen LogP contribution in [0.2, 0.25) is 0 Å². The normalized spacial score (nSPS) is 27.8. The summed E-state index contributed by atoms with van der Waals surface area (Å²) < 4.78 is 13.0. The zero-order valence-electron chi connectivity index (χ0n) is 12.9. The molecule has 0 aromatic heterocycles. The van der Waals surface area contributed by atoms with Crippen LogP contribution in [0.3, 0.4) is 0 Å². The molecule has 0 saturated carbocycles. The van der Waals surface area contributed by atoms with E-state index in [-0.39, 0.29) is 11.4 Å². The van der Waals surface area contributed by atoms with E-state index in [0.29, 0.717) is 0 Å². The third-order valence-electron chi connectivity index (χ3n) is 4.84. The molecule has 0 spiro atoms. The molecule has 2 saturated heterocycles. The van der Waals surface area contributed by atoms with Crippen molar-refractivity contribution in [1.82, 2.24) is 10.2 Å². The van der Waals surface area contributed by atoms with Crippen LogP contribution in [0.4, 0.5) is 10.1 Å². The van der Waals surface area contributed by atoms with Gasteiger partial charge in [-0.3, -0.25) is 4.90 Å². The van der Waals surface area contributed by atoms with Crippen molar-refractivity contribution in [3.63, 3.8) is 0 Å². The average Bonchev–Trinajstić information content (AvgIpc) is 2.49. The Labute approximate surface area is 127 Å². The molecule has 0 radical (unpaired) electrons. The second-order valence-corrected chi connectivity index (χ2v) is 6.68. The molecule has 1 unspecified atom stereocenters. The van der Waals surface area contributed by atoms with Gasteiger partial charge in [0.2, 0.25) is 0 Å². The van der Waals surface area contributed by atoms with E-state index in [1.54, 1.807) is 12.1 Å². The summed E-state index contributed by atoms with van der Waals surface area (Å²) in [7, 11) is 0. The highest BCUT2D eigenvalue weighted by molar-refractivity contribution is 5.46. The van der Waals surface area contributed by atoms with E-state index in [2.05, 4.69) is 22.0 Å². The van der Waals surface area contributed by atoms with Crippen molar-refractivity contribution < 1.29 is 4.39 Å². The molecule has 3 rings (SSSR count). The van der Waals surface area contributed by atoms with E-state index in [1.807, 2.05) is 12.1 Å². The van der Waals surface area contributed by atoms with Gasteiger partial charge in [-0.1, -0.05) is 6.42 Å². The Balaban J connectivity index is 1.51. The van der Waals surface area contributed by atoms with Gasteiger partial charge in [-0.25, -0.2) is 4.39 Å². The first-order valence-corrected chi connectivity index (χ1v) is 8.13. The second kappa shape index (κ2) is 6.32. The highest BCUT2D eigenvalue weighted by Crippen LogP contribution is 2.22. The Morgan fingerprint density at radius 2 is 1.81 bits per heavy atom. The Hall–Kier alpha value is -1.13. The van der Waals surface area contributed by atoms with Gasteiger partial charge >= 0.3 is 0 Å². The summed E-state index contributed by atoms with van der Waals surface area (Å²) in [5.41, 5.74) is 1.43. The molecule has 116 valence electrons. The maximum absolute atomic E-state index is 13.0. The molecule has 0 aliphatic carbocycles. The maximum atomic E-state index is 13.0. The fourth-order valence-electron chi connectivity index (χ4n) is 3.56. The summed E-state index contributed by atoms with van der Waals surface area (Å²) in [5.74, 6) is -0.159. The van der Waals surface area contributed by atoms with Crippen LogP contribution in [0.25, 0.3) is 0 Å². The molecule has 4 heteroatoms. The van der Waals surface area contributed by atoms with E-state index >= 15 is 0 Å². The van der Waals surface area contributed by atoms with Crippen LogP contribution in [-0.2, 0) is 0 Å². The molecule has 0 amide bonds. The first kappa shape index (κ1) is 14.8. The fourth-order valence-corrected chi connectivity index (χ4v) is 3.56. The minimum absolute atomic E-state index is 0.159. The number of nitrogens with one attached hydrogen (secondary N) is 1. The number of piperazine rings is 1. The topological polar surface area (TPSA) is 18.5 Å². The van der Waals surface area contributed by atoms with E-state index in [1.165, 1.54) is 19.3 Å². The molecule has 2 fully saturated rings. The van der Waals surface area contributed by atoms with Gasteiger partial charge in [0, 0.05) is 44.0 Å². The highest BCUT2D eigenvalue weighted by Gasteiger charge is 2.29. The number of anilines is 1. The molecule has 1 aromatic rings. The minimum atomic E-state index is -0.159. The summed E-state index contributed by atoms with van der Waals surface area (Å²) in [6.07, 6.45) is 3.94.